The fourth-order valence-electron chi connectivity index (χ4n) is 2.05. The largest absolute Gasteiger partial charge is 0.320 e. The second-order valence-electron chi connectivity index (χ2n) is 4.57. The zero-order valence-corrected chi connectivity index (χ0v) is 11.6. The van der Waals surface area contributed by atoms with E-state index in [2.05, 4.69) is 14.9 Å². The Bertz CT molecular complexity index is 287. The van der Waals surface area contributed by atoms with Crippen LogP contribution < -0.4 is 10.0 Å². The van der Waals surface area contributed by atoms with Gasteiger partial charge in [0, 0.05) is 6.54 Å². The van der Waals surface area contributed by atoms with Gasteiger partial charge in [-0.1, -0.05) is 0 Å². The van der Waals surface area contributed by atoms with Crippen LogP contribution in [0.2, 0.25) is 0 Å². The van der Waals surface area contributed by atoms with Crippen molar-refractivity contribution in [3.05, 3.63) is 0 Å². The van der Waals surface area contributed by atoms with E-state index in [4.69, 9.17) is 0 Å². The van der Waals surface area contributed by atoms with Crippen molar-refractivity contribution in [1.82, 2.24) is 14.9 Å². The van der Waals surface area contributed by atoms with Gasteiger partial charge in [0.15, 0.2) is 0 Å². The highest BCUT2D eigenvalue weighted by Crippen LogP contribution is 2.06. The van der Waals surface area contributed by atoms with Crippen molar-refractivity contribution in [3.63, 3.8) is 0 Å². The van der Waals surface area contributed by atoms with Crippen LogP contribution in [-0.4, -0.2) is 58.8 Å². The van der Waals surface area contributed by atoms with Crippen molar-refractivity contribution >= 4 is 10.0 Å². The number of hydrogen-bond acceptors (Lipinski definition) is 4. The Morgan fingerprint density at radius 2 is 1.82 bits per heavy atom. The predicted molar refractivity (Wildman–Crippen MR) is 70.6 cm³/mol. The molecule has 0 aromatic heterocycles. The van der Waals surface area contributed by atoms with Gasteiger partial charge < -0.3 is 10.2 Å². The summed E-state index contributed by atoms with van der Waals surface area (Å²) in [5.41, 5.74) is 0. The van der Waals surface area contributed by atoms with E-state index < -0.39 is 10.0 Å². The fraction of sp³-hybridized carbons (Fsp3) is 1.00. The molecule has 5 nitrogen and oxygen atoms in total. The number of likely N-dealkylation sites (tertiary alicyclic amines) is 1. The Morgan fingerprint density at radius 1 is 1.12 bits per heavy atom. The normalized spacial score (nSPS) is 17.7. The molecule has 17 heavy (non-hydrogen) atoms. The number of sulfonamides is 1. The van der Waals surface area contributed by atoms with Crippen molar-refractivity contribution in [2.45, 2.75) is 25.7 Å². The molecule has 0 saturated carbocycles. The molecular weight excluding hydrogens is 238 g/mol. The third-order valence-corrected chi connectivity index (χ3v) is 4.48. The molecule has 0 radical (unpaired) electrons. The summed E-state index contributed by atoms with van der Waals surface area (Å²) >= 11 is 0. The van der Waals surface area contributed by atoms with Gasteiger partial charge in [0.25, 0.3) is 0 Å². The highest BCUT2D eigenvalue weighted by atomic mass is 32.2. The molecular formula is C11H25N3O2S. The molecule has 1 fully saturated rings. The molecule has 0 spiro atoms. The summed E-state index contributed by atoms with van der Waals surface area (Å²) in [5, 5.41) is 2.95. The van der Waals surface area contributed by atoms with Gasteiger partial charge in [-0.05, 0) is 58.9 Å². The van der Waals surface area contributed by atoms with E-state index in [1.54, 1.807) is 0 Å². The Kier molecular flexibility index (Phi) is 7.03. The maximum Gasteiger partial charge on any atom is 0.211 e. The van der Waals surface area contributed by atoms with E-state index in [-0.39, 0.29) is 5.75 Å². The fourth-order valence-corrected chi connectivity index (χ4v) is 3.17. The average Bonchev–Trinajstić information content (AvgIpc) is 2.77. The van der Waals surface area contributed by atoms with Gasteiger partial charge in [-0.15, -0.1) is 0 Å². The first-order valence-corrected chi connectivity index (χ1v) is 8.13. The minimum Gasteiger partial charge on any atom is -0.320 e. The van der Waals surface area contributed by atoms with Gasteiger partial charge in [0.1, 0.15) is 0 Å². The van der Waals surface area contributed by atoms with Crippen LogP contribution in [0.1, 0.15) is 25.7 Å². The molecule has 1 saturated heterocycles. The molecule has 0 amide bonds. The lowest BCUT2D eigenvalue weighted by Crippen LogP contribution is -2.31. The van der Waals surface area contributed by atoms with Gasteiger partial charge in [-0.25, -0.2) is 13.1 Å². The molecule has 2 N–H and O–H groups in total. The van der Waals surface area contributed by atoms with E-state index in [0.717, 1.165) is 19.5 Å². The zero-order valence-electron chi connectivity index (χ0n) is 10.7. The summed E-state index contributed by atoms with van der Waals surface area (Å²) in [6.45, 7) is 4.68. The first-order chi connectivity index (χ1) is 8.14. The van der Waals surface area contributed by atoms with Crippen LogP contribution in [0.25, 0.3) is 0 Å². The summed E-state index contributed by atoms with van der Waals surface area (Å²) in [4.78, 5) is 2.40. The van der Waals surface area contributed by atoms with Crippen molar-refractivity contribution in [2.24, 2.45) is 0 Å². The van der Waals surface area contributed by atoms with Crippen LogP contribution in [-0.2, 0) is 10.0 Å². The first-order valence-electron chi connectivity index (χ1n) is 6.48. The molecule has 0 unspecified atom stereocenters. The Labute approximate surface area is 105 Å². The molecule has 0 bridgehead atoms. The second-order valence-corrected chi connectivity index (χ2v) is 6.50. The van der Waals surface area contributed by atoms with E-state index >= 15 is 0 Å². The van der Waals surface area contributed by atoms with Crippen molar-refractivity contribution in [3.8, 4) is 0 Å². The zero-order chi connectivity index (χ0) is 12.6. The summed E-state index contributed by atoms with van der Waals surface area (Å²) in [6, 6.07) is 0. The number of nitrogens with zero attached hydrogens (tertiary/aromatic N) is 1. The third kappa shape index (κ3) is 6.98. The standard InChI is InChI=1S/C11H25N3O2S/c1-12-6-5-11-17(15,16)13-7-4-10-14-8-2-3-9-14/h12-13H,2-11H2,1H3. The molecule has 1 rings (SSSR count). The quantitative estimate of drug-likeness (QED) is 0.575. The van der Waals surface area contributed by atoms with E-state index in [0.29, 0.717) is 13.0 Å². The molecule has 1 aliphatic rings. The van der Waals surface area contributed by atoms with Crippen LogP contribution in [0.4, 0.5) is 0 Å². The minimum absolute atomic E-state index is 0.220. The topological polar surface area (TPSA) is 61.4 Å². The predicted octanol–water partition coefficient (Wildman–Crippen LogP) is 0.00120. The Balaban J connectivity index is 2.03. The summed E-state index contributed by atoms with van der Waals surface area (Å²) < 4.78 is 25.8. The molecule has 1 aliphatic heterocycles. The molecule has 6 heteroatoms. The highest BCUT2D eigenvalue weighted by molar-refractivity contribution is 7.89. The average molecular weight is 263 g/mol. The van der Waals surface area contributed by atoms with Crippen molar-refractivity contribution in [1.29, 1.82) is 0 Å². The maximum atomic E-state index is 11.5. The van der Waals surface area contributed by atoms with Crippen LogP contribution >= 0.6 is 0 Å². The first kappa shape index (κ1) is 14.9. The second kappa shape index (κ2) is 8.02. The lowest BCUT2D eigenvalue weighted by molar-refractivity contribution is 0.334. The molecule has 102 valence electrons. The molecule has 0 aromatic rings. The number of rotatable bonds is 9. The van der Waals surface area contributed by atoms with E-state index in [1.807, 2.05) is 7.05 Å². The summed E-state index contributed by atoms with van der Waals surface area (Å²) in [6.07, 6.45) is 4.15. The lowest BCUT2D eigenvalue weighted by Gasteiger charge is -2.14. The molecule has 1 heterocycles. The summed E-state index contributed by atoms with van der Waals surface area (Å²) in [5.74, 6) is 0.220. The van der Waals surface area contributed by atoms with Crippen molar-refractivity contribution in [2.75, 3.05) is 45.5 Å². The van der Waals surface area contributed by atoms with Crippen LogP contribution in [0.5, 0.6) is 0 Å². The number of nitrogens with one attached hydrogen (secondary N) is 2. The van der Waals surface area contributed by atoms with Gasteiger partial charge in [0.05, 0.1) is 5.75 Å². The van der Waals surface area contributed by atoms with E-state index in [1.165, 1.54) is 25.9 Å². The highest BCUT2D eigenvalue weighted by Gasteiger charge is 2.12. The van der Waals surface area contributed by atoms with Crippen LogP contribution in [0, 0.1) is 0 Å². The maximum absolute atomic E-state index is 11.5. The minimum atomic E-state index is -3.06. The van der Waals surface area contributed by atoms with Crippen LogP contribution in [0.15, 0.2) is 0 Å². The van der Waals surface area contributed by atoms with Crippen molar-refractivity contribution < 1.29 is 8.42 Å². The third-order valence-electron chi connectivity index (χ3n) is 3.01. The summed E-state index contributed by atoms with van der Waals surface area (Å²) in [7, 11) is -1.23. The molecule has 0 aromatic carbocycles. The van der Waals surface area contributed by atoms with E-state index in [9.17, 15) is 8.42 Å². The van der Waals surface area contributed by atoms with Gasteiger partial charge in [-0.3, -0.25) is 0 Å². The molecule has 0 atom stereocenters. The van der Waals surface area contributed by atoms with Gasteiger partial charge >= 0.3 is 0 Å². The number of hydrogen-bond donors (Lipinski definition) is 2. The van der Waals surface area contributed by atoms with Gasteiger partial charge in [0.2, 0.25) is 10.0 Å². The Morgan fingerprint density at radius 3 is 2.47 bits per heavy atom. The SMILES string of the molecule is CNCCCS(=O)(=O)NCCCN1CCCC1. The smallest absolute Gasteiger partial charge is 0.211 e. The van der Waals surface area contributed by atoms with Crippen LogP contribution in [0.3, 0.4) is 0 Å². The van der Waals surface area contributed by atoms with Gasteiger partial charge in [-0.2, -0.15) is 0 Å². The Hall–Kier alpha value is -0.170. The molecule has 0 aliphatic carbocycles. The lowest BCUT2D eigenvalue weighted by atomic mass is 10.4. The monoisotopic (exact) mass is 263 g/mol.